The first-order valence-corrected chi connectivity index (χ1v) is 5.66. The van der Waals surface area contributed by atoms with Gasteiger partial charge in [0.15, 0.2) is 0 Å². The Labute approximate surface area is 103 Å². The number of rotatable bonds is 4. The van der Waals surface area contributed by atoms with E-state index in [9.17, 15) is 13.2 Å². The lowest BCUT2D eigenvalue weighted by Gasteiger charge is -2.16. The molecule has 1 atom stereocenters. The number of hydrogen-bond donors (Lipinski definition) is 0. The van der Waals surface area contributed by atoms with Gasteiger partial charge in [0.05, 0.1) is 17.6 Å². The van der Waals surface area contributed by atoms with Crippen LogP contribution in [0.3, 0.4) is 0 Å². The first-order chi connectivity index (χ1) is 8.00. The predicted octanol–water partition coefficient (Wildman–Crippen LogP) is 4.33. The van der Waals surface area contributed by atoms with E-state index >= 15 is 0 Å². The van der Waals surface area contributed by atoms with Crippen LogP contribution in [0.5, 0.6) is 0 Å². The van der Waals surface area contributed by atoms with Crippen LogP contribution in [0.2, 0.25) is 0 Å². The van der Waals surface area contributed by atoms with Crippen molar-refractivity contribution < 1.29 is 13.2 Å². The summed E-state index contributed by atoms with van der Waals surface area (Å²) in [5, 5.41) is 8.94. The van der Waals surface area contributed by atoms with Gasteiger partial charge in [0.1, 0.15) is 0 Å². The van der Waals surface area contributed by atoms with Crippen molar-refractivity contribution in [2.75, 3.05) is 5.88 Å². The molecule has 0 aliphatic rings. The van der Waals surface area contributed by atoms with E-state index in [4.69, 9.17) is 16.9 Å². The van der Waals surface area contributed by atoms with E-state index in [2.05, 4.69) is 0 Å². The van der Waals surface area contributed by atoms with Crippen molar-refractivity contribution in [1.82, 2.24) is 0 Å². The van der Waals surface area contributed by atoms with E-state index in [1.54, 1.807) is 0 Å². The fourth-order valence-corrected chi connectivity index (χ4v) is 1.78. The second-order valence-electron chi connectivity index (χ2n) is 3.60. The van der Waals surface area contributed by atoms with Crippen molar-refractivity contribution in [2.24, 2.45) is 0 Å². The van der Waals surface area contributed by atoms with Crippen molar-refractivity contribution in [2.45, 2.75) is 24.9 Å². The molecule has 0 bridgehead atoms. The molecule has 1 aromatic carbocycles. The van der Waals surface area contributed by atoms with Gasteiger partial charge in [-0.3, -0.25) is 0 Å². The van der Waals surface area contributed by atoms with Gasteiger partial charge in [0, 0.05) is 5.88 Å². The highest BCUT2D eigenvalue weighted by Crippen LogP contribution is 2.36. The minimum absolute atomic E-state index is 0.0348. The maximum Gasteiger partial charge on any atom is 0.416 e. The van der Waals surface area contributed by atoms with Gasteiger partial charge in [-0.1, -0.05) is 18.2 Å². The molecule has 1 nitrogen and oxygen atoms in total. The topological polar surface area (TPSA) is 23.8 Å². The van der Waals surface area contributed by atoms with Crippen LogP contribution in [0.25, 0.3) is 0 Å². The third kappa shape index (κ3) is 3.64. The van der Waals surface area contributed by atoms with Gasteiger partial charge in [0.25, 0.3) is 0 Å². The van der Waals surface area contributed by atoms with E-state index < -0.39 is 17.7 Å². The molecule has 0 aliphatic heterocycles. The third-order valence-corrected chi connectivity index (χ3v) is 2.69. The Morgan fingerprint density at radius 3 is 2.47 bits per heavy atom. The standard InChI is InChI=1S/C12H11ClF3N/c13-7-3-4-9(8-17)10-5-1-2-6-11(10)12(14,15)16/h1-2,5-6,9H,3-4,7H2. The van der Waals surface area contributed by atoms with E-state index in [0.717, 1.165) is 6.07 Å². The highest BCUT2D eigenvalue weighted by Gasteiger charge is 2.34. The lowest BCUT2D eigenvalue weighted by molar-refractivity contribution is -0.138. The zero-order chi connectivity index (χ0) is 12.9. The summed E-state index contributed by atoms with van der Waals surface area (Å²) in [6.45, 7) is 0. The average molecular weight is 262 g/mol. The Hall–Kier alpha value is -1.21. The summed E-state index contributed by atoms with van der Waals surface area (Å²) < 4.78 is 38.2. The molecule has 17 heavy (non-hydrogen) atoms. The Bertz CT molecular complexity index is 409. The molecule has 0 aromatic heterocycles. The quantitative estimate of drug-likeness (QED) is 0.740. The molecule has 0 saturated heterocycles. The lowest BCUT2D eigenvalue weighted by Crippen LogP contribution is -2.11. The Balaban J connectivity index is 3.08. The molecule has 5 heteroatoms. The zero-order valence-electron chi connectivity index (χ0n) is 8.97. The molecule has 1 aromatic rings. The molecule has 0 heterocycles. The Morgan fingerprint density at radius 2 is 1.94 bits per heavy atom. The fourth-order valence-electron chi connectivity index (χ4n) is 1.63. The van der Waals surface area contributed by atoms with Gasteiger partial charge in [-0.15, -0.1) is 11.6 Å². The molecular weight excluding hydrogens is 251 g/mol. The van der Waals surface area contributed by atoms with E-state index in [-0.39, 0.29) is 5.56 Å². The summed E-state index contributed by atoms with van der Waals surface area (Å²) in [5.41, 5.74) is -0.700. The second-order valence-corrected chi connectivity index (χ2v) is 3.98. The van der Waals surface area contributed by atoms with Crippen molar-refractivity contribution >= 4 is 11.6 Å². The second kappa shape index (κ2) is 5.92. The molecule has 0 radical (unpaired) electrons. The van der Waals surface area contributed by atoms with E-state index in [1.165, 1.54) is 18.2 Å². The van der Waals surface area contributed by atoms with Crippen LogP contribution in [-0.4, -0.2) is 5.88 Å². The van der Waals surface area contributed by atoms with Gasteiger partial charge in [-0.25, -0.2) is 0 Å². The van der Waals surface area contributed by atoms with Crippen LogP contribution in [0.1, 0.15) is 29.9 Å². The molecular formula is C12H11ClF3N. The van der Waals surface area contributed by atoms with Gasteiger partial charge in [0.2, 0.25) is 0 Å². The minimum Gasteiger partial charge on any atom is -0.198 e. The maximum absolute atomic E-state index is 12.7. The number of nitrogens with zero attached hydrogens (tertiary/aromatic N) is 1. The van der Waals surface area contributed by atoms with E-state index in [0.29, 0.717) is 18.7 Å². The van der Waals surface area contributed by atoms with Crippen LogP contribution in [-0.2, 0) is 6.18 Å². The normalized spacial score (nSPS) is 13.1. The highest BCUT2D eigenvalue weighted by molar-refractivity contribution is 6.17. The van der Waals surface area contributed by atoms with Crippen molar-refractivity contribution in [3.8, 4) is 6.07 Å². The molecule has 0 fully saturated rings. The minimum atomic E-state index is -4.42. The van der Waals surface area contributed by atoms with Gasteiger partial charge in [-0.05, 0) is 24.5 Å². The van der Waals surface area contributed by atoms with Crippen molar-refractivity contribution in [3.05, 3.63) is 35.4 Å². The number of alkyl halides is 4. The summed E-state index contributed by atoms with van der Waals surface area (Å²) in [5.74, 6) is -0.418. The van der Waals surface area contributed by atoms with Crippen LogP contribution in [0.4, 0.5) is 13.2 Å². The predicted molar refractivity (Wildman–Crippen MR) is 59.8 cm³/mol. The number of benzene rings is 1. The molecule has 0 N–H and O–H groups in total. The number of halogens is 4. The largest absolute Gasteiger partial charge is 0.416 e. The van der Waals surface area contributed by atoms with Crippen LogP contribution >= 0.6 is 11.6 Å². The number of hydrogen-bond acceptors (Lipinski definition) is 1. The van der Waals surface area contributed by atoms with Crippen molar-refractivity contribution in [3.63, 3.8) is 0 Å². The van der Waals surface area contributed by atoms with Crippen LogP contribution < -0.4 is 0 Å². The molecule has 0 saturated carbocycles. The van der Waals surface area contributed by atoms with Crippen molar-refractivity contribution in [1.29, 1.82) is 5.26 Å². The summed E-state index contributed by atoms with van der Waals surface area (Å²) in [7, 11) is 0. The molecule has 0 spiro atoms. The SMILES string of the molecule is N#CC(CCCCl)c1ccccc1C(F)(F)F. The molecule has 1 unspecified atom stereocenters. The monoisotopic (exact) mass is 261 g/mol. The van der Waals surface area contributed by atoms with E-state index in [1.807, 2.05) is 6.07 Å². The number of nitriles is 1. The van der Waals surface area contributed by atoms with Crippen LogP contribution in [0.15, 0.2) is 24.3 Å². The first-order valence-electron chi connectivity index (χ1n) is 5.12. The smallest absolute Gasteiger partial charge is 0.198 e. The molecule has 1 rings (SSSR count). The summed E-state index contributed by atoms with van der Waals surface area (Å²) in [6, 6.07) is 7.09. The first kappa shape index (κ1) is 13.9. The Kier molecular flexibility index (Phi) is 4.83. The lowest BCUT2D eigenvalue weighted by atomic mass is 9.91. The summed E-state index contributed by atoms with van der Waals surface area (Å²) in [4.78, 5) is 0. The van der Waals surface area contributed by atoms with Gasteiger partial charge in [-0.2, -0.15) is 18.4 Å². The van der Waals surface area contributed by atoms with Gasteiger partial charge >= 0.3 is 6.18 Å². The molecule has 0 amide bonds. The molecule has 0 aliphatic carbocycles. The van der Waals surface area contributed by atoms with Crippen LogP contribution in [0, 0.1) is 11.3 Å². The molecule has 92 valence electrons. The summed E-state index contributed by atoms with van der Waals surface area (Å²) in [6.07, 6.45) is -3.56. The third-order valence-electron chi connectivity index (χ3n) is 2.42. The summed E-state index contributed by atoms with van der Waals surface area (Å²) >= 11 is 5.49. The zero-order valence-corrected chi connectivity index (χ0v) is 9.72. The van der Waals surface area contributed by atoms with Gasteiger partial charge < -0.3 is 0 Å². The average Bonchev–Trinajstić information content (AvgIpc) is 2.29. The maximum atomic E-state index is 12.7. The Morgan fingerprint density at radius 1 is 1.29 bits per heavy atom. The fraction of sp³-hybridized carbons (Fsp3) is 0.417. The highest BCUT2D eigenvalue weighted by atomic mass is 35.5.